The van der Waals surface area contributed by atoms with Gasteiger partial charge in [-0.15, -0.1) is 0 Å². The van der Waals surface area contributed by atoms with Gasteiger partial charge in [0, 0.05) is 11.6 Å². The second-order valence-electron chi connectivity index (χ2n) is 5.92. The van der Waals surface area contributed by atoms with E-state index in [1.807, 2.05) is 13.8 Å². The van der Waals surface area contributed by atoms with Crippen LogP contribution in [0.15, 0.2) is 18.2 Å². The fourth-order valence-electron chi connectivity index (χ4n) is 2.83. The molecule has 0 bridgehead atoms. The van der Waals surface area contributed by atoms with E-state index in [1.54, 1.807) is 23.1 Å². The molecule has 23 heavy (non-hydrogen) atoms. The third-order valence-electron chi connectivity index (χ3n) is 4.09. The first kappa shape index (κ1) is 16.1. The van der Waals surface area contributed by atoms with Gasteiger partial charge in [-0.25, -0.2) is 0 Å². The normalized spacial score (nSPS) is 24.2. The van der Waals surface area contributed by atoms with Crippen LogP contribution in [0.1, 0.15) is 13.8 Å². The van der Waals surface area contributed by atoms with Crippen LogP contribution in [0.2, 0.25) is 5.02 Å². The van der Waals surface area contributed by atoms with Crippen LogP contribution in [-0.4, -0.2) is 55.2 Å². The lowest BCUT2D eigenvalue weighted by Crippen LogP contribution is -2.54. The first-order chi connectivity index (χ1) is 11.0. The molecule has 6 nitrogen and oxygen atoms in total. The maximum atomic E-state index is 12.7. The van der Waals surface area contributed by atoms with Crippen molar-refractivity contribution in [2.75, 3.05) is 31.2 Å². The fourth-order valence-corrected chi connectivity index (χ4v) is 2.99. The molecule has 7 heteroatoms. The van der Waals surface area contributed by atoms with Gasteiger partial charge in [-0.3, -0.25) is 14.5 Å². The van der Waals surface area contributed by atoms with Crippen LogP contribution < -0.4 is 9.64 Å². The van der Waals surface area contributed by atoms with Crippen molar-refractivity contribution in [3.8, 4) is 5.75 Å². The van der Waals surface area contributed by atoms with E-state index < -0.39 is 0 Å². The average molecular weight is 339 g/mol. The van der Waals surface area contributed by atoms with E-state index in [0.717, 1.165) is 0 Å². The summed E-state index contributed by atoms with van der Waals surface area (Å²) in [6.45, 7) is 4.81. The predicted molar refractivity (Wildman–Crippen MR) is 85.9 cm³/mol. The van der Waals surface area contributed by atoms with Crippen LogP contribution in [-0.2, 0) is 14.3 Å². The molecule has 1 aromatic carbocycles. The molecule has 1 saturated heterocycles. The number of hydrogen-bond acceptors (Lipinski definition) is 4. The van der Waals surface area contributed by atoms with Crippen LogP contribution in [0.25, 0.3) is 0 Å². The van der Waals surface area contributed by atoms with E-state index in [0.29, 0.717) is 29.6 Å². The SMILES string of the molecule is C[C@@H]1CN(C(=O)CN2C(=O)COc3ccc(Cl)cc32)[C@H](C)CO1. The molecule has 0 unspecified atom stereocenters. The Balaban J connectivity index is 1.80. The predicted octanol–water partition coefficient (Wildman–Crippen LogP) is 1.70. The Morgan fingerprint density at radius 2 is 2.17 bits per heavy atom. The molecule has 3 rings (SSSR count). The van der Waals surface area contributed by atoms with Crippen molar-refractivity contribution < 1.29 is 19.1 Å². The molecule has 2 aliphatic heterocycles. The molecule has 0 aliphatic carbocycles. The van der Waals surface area contributed by atoms with Crippen LogP contribution in [0.4, 0.5) is 5.69 Å². The van der Waals surface area contributed by atoms with Crippen molar-refractivity contribution in [3.05, 3.63) is 23.2 Å². The molecule has 124 valence electrons. The van der Waals surface area contributed by atoms with E-state index >= 15 is 0 Å². The van der Waals surface area contributed by atoms with E-state index in [-0.39, 0.29) is 37.1 Å². The summed E-state index contributed by atoms with van der Waals surface area (Å²) in [4.78, 5) is 28.1. The number of benzene rings is 1. The minimum absolute atomic E-state index is 0.00253. The van der Waals surface area contributed by atoms with E-state index in [9.17, 15) is 9.59 Å². The minimum atomic E-state index is -0.248. The van der Waals surface area contributed by atoms with Gasteiger partial charge in [0.15, 0.2) is 6.61 Å². The van der Waals surface area contributed by atoms with Crippen molar-refractivity contribution in [2.45, 2.75) is 26.0 Å². The maximum Gasteiger partial charge on any atom is 0.265 e. The number of rotatable bonds is 2. The van der Waals surface area contributed by atoms with Crippen LogP contribution in [0.3, 0.4) is 0 Å². The standard InChI is InChI=1S/C16H19ClN2O4/c1-10-8-22-11(2)6-18(10)15(20)7-19-13-5-12(17)3-4-14(13)23-9-16(19)21/h3-5,10-11H,6-9H2,1-2H3/t10-,11-/m1/s1. The van der Waals surface area contributed by atoms with Gasteiger partial charge in [0.1, 0.15) is 12.3 Å². The Kier molecular flexibility index (Phi) is 4.46. The van der Waals surface area contributed by atoms with Crippen LogP contribution >= 0.6 is 11.6 Å². The first-order valence-electron chi connectivity index (χ1n) is 7.59. The van der Waals surface area contributed by atoms with Crippen molar-refractivity contribution in [2.24, 2.45) is 0 Å². The summed E-state index contributed by atoms with van der Waals surface area (Å²) in [5.74, 6) is 0.209. The zero-order chi connectivity index (χ0) is 16.6. The molecule has 2 heterocycles. The number of carbonyl (C=O) groups is 2. The molecule has 2 aliphatic rings. The number of halogens is 1. The lowest BCUT2D eigenvalue weighted by molar-refractivity contribution is -0.142. The summed E-state index contributed by atoms with van der Waals surface area (Å²) >= 11 is 6.01. The Morgan fingerprint density at radius 3 is 2.96 bits per heavy atom. The molecule has 0 saturated carbocycles. The molecule has 2 atom stereocenters. The topological polar surface area (TPSA) is 59.1 Å². The van der Waals surface area contributed by atoms with Crippen molar-refractivity contribution in [1.82, 2.24) is 4.90 Å². The molecular formula is C16H19ClN2O4. The second-order valence-corrected chi connectivity index (χ2v) is 6.36. The maximum absolute atomic E-state index is 12.7. The Bertz CT molecular complexity index is 637. The fraction of sp³-hybridized carbons (Fsp3) is 0.500. The molecule has 2 amide bonds. The number of nitrogens with zero attached hydrogens (tertiary/aromatic N) is 2. The van der Waals surface area contributed by atoms with E-state index in [2.05, 4.69) is 0 Å². The first-order valence-corrected chi connectivity index (χ1v) is 7.97. The van der Waals surface area contributed by atoms with Gasteiger partial charge in [-0.2, -0.15) is 0 Å². The molecule has 1 aromatic rings. The number of ether oxygens (including phenoxy) is 2. The third kappa shape index (κ3) is 3.28. The van der Waals surface area contributed by atoms with Gasteiger partial charge in [-0.05, 0) is 32.0 Å². The van der Waals surface area contributed by atoms with Crippen molar-refractivity contribution >= 4 is 29.1 Å². The highest BCUT2D eigenvalue weighted by atomic mass is 35.5. The van der Waals surface area contributed by atoms with E-state index in [4.69, 9.17) is 21.1 Å². The molecule has 1 fully saturated rings. The average Bonchev–Trinajstić information content (AvgIpc) is 2.52. The molecule has 0 N–H and O–H groups in total. The molecule has 0 aromatic heterocycles. The van der Waals surface area contributed by atoms with E-state index in [1.165, 1.54) is 4.90 Å². The highest BCUT2D eigenvalue weighted by Crippen LogP contribution is 2.34. The Morgan fingerprint density at radius 1 is 1.39 bits per heavy atom. The lowest BCUT2D eigenvalue weighted by Gasteiger charge is -2.38. The van der Waals surface area contributed by atoms with Crippen molar-refractivity contribution in [3.63, 3.8) is 0 Å². The molecule has 0 radical (unpaired) electrons. The summed E-state index contributed by atoms with van der Waals surface area (Å²) in [5.41, 5.74) is 0.538. The number of anilines is 1. The van der Waals surface area contributed by atoms with Gasteiger partial charge in [0.2, 0.25) is 5.91 Å². The smallest absolute Gasteiger partial charge is 0.265 e. The largest absolute Gasteiger partial charge is 0.482 e. The third-order valence-corrected chi connectivity index (χ3v) is 4.32. The van der Waals surface area contributed by atoms with Gasteiger partial charge in [0.05, 0.1) is 24.4 Å². The summed E-state index contributed by atoms with van der Waals surface area (Å²) in [5, 5.41) is 0.493. The van der Waals surface area contributed by atoms with Crippen molar-refractivity contribution in [1.29, 1.82) is 0 Å². The number of amides is 2. The number of hydrogen-bond donors (Lipinski definition) is 0. The van der Waals surface area contributed by atoms with Gasteiger partial charge < -0.3 is 14.4 Å². The highest BCUT2D eigenvalue weighted by molar-refractivity contribution is 6.31. The summed E-state index contributed by atoms with van der Waals surface area (Å²) in [6.07, 6.45) is -0.00253. The highest BCUT2D eigenvalue weighted by Gasteiger charge is 2.32. The lowest BCUT2D eigenvalue weighted by atomic mass is 10.2. The van der Waals surface area contributed by atoms with Crippen LogP contribution in [0, 0.1) is 0 Å². The quantitative estimate of drug-likeness (QED) is 0.823. The monoisotopic (exact) mass is 338 g/mol. The minimum Gasteiger partial charge on any atom is -0.482 e. The van der Waals surface area contributed by atoms with Gasteiger partial charge in [-0.1, -0.05) is 11.6 Å². The number of morpholine rings is 1. The zero-order valence-electron chi connectivity index (χ0n) is 13.1. The second kappa shape index (κ2) is 6.37. The molecular weight excluding hydrogens is 320 g/mol. The summed E-state index contributed by atoms with van der Waals surface area (Å²) in [6, 6.07) is 5.05. The van der Waals surface area contributed by atoms with Gasteiger partial charge >= 0.3 is 0 Å². The van der Waals surface area contributed by atoms with Crippen LogP contribution in [0.5, 0.6) is 5.75 Å². The summed E-state index contributed by atoms with van der Waals surface area (Å²) in [7, 11) is 0. The summed E-state index contributed by atoms with van der Waals surface area (Å²) < 4.78 is 10.9. The number of fused-ring (bicyclic) bond motifs is 1. The Hall–Kier alpha value is -1.79. The zero-order valence-corrected chi connectivity index (χ0v) is 13.9. The molecule has 0 spiro atoms. The number of carbonyl (C=O) groups excluding carboxylic acids is 2. The van der Waals surface area contributed by atoms with Gasteiger partial charge in [0.25, 0.3) is 5.91 Å². The Labute approximate surface area is 139 Å².